The van der Waals surface area contributed by atoms with Crippen molar-refractivity contribution in [2.24, 2.45) is 0 Å². The number of methoxy groups -OCH3 is 1. The van der Waals surface area contributed by atoms with Gasteiger partial charge < -0.3 is 19.1 Å². The quantitative estimate of drug-likeness (QED) is 0.804. The molecule has 0 aliphatic carbocycles. The van der Waals surface area contributed by atoms with Crippen LogP contribution in [0.2, 0.25) is 0 Å². The van der Waals surface area contributed by atoms with E-state index in [-0.39, 0.29) is 11.7 Å². The van der Waals surface area contributed by atoms with E-state index in [1.807, 2.05) is 18.2 Å². The molecule has 1 aromatic rings. The van der Waals surface area contributed by atoms with E-state index in [9.17, 15) is 4.79 Å². The number of fused-ring (bicyclic) bond motifs is 1. The highest BCUT2D eigenvalue weighted by Crippen LogP contribution is 2.36. The first-order valence-electron chi connectivity index (χ1n) is 8.10. The van der Waals surface area contributed by atoms with Crippen LogP contribution in [0, 0.1) is 0 Å². The Hall–Kier alpha value is -2.01. The lowest BCUT2D eigenvalue weighted by atomic mass is 9.91. The minimum Gasteiger partial charge on any atom is -0.483 e. The lowest BCUT2D eigenvalue weighted by Crippen LogP contribution is -2.38. The molecule has 1 spiro atoms. The smallest absolute Gasteiger partial charge is 0.409 e. The standard InChI is InChI=1S/C18H23NO4/c1-21-13-14-22-17(20)19-11-4-8-18(10-12-19)9-7-15-5-2-3-6-16(15)23-18/h2-3,5-7,9H,4,8,10-14H2,1H3. The van der Waals surface area contributed by atoms with E-state index in [1.165, 1.54) is 0 Å². The molecule has 0 N–H and O–H groups in total. The number of amides is 1. The number of benzene rings is 1. The highest BCUT2D eigenvalue weighted by Gasteiger charge is 2.36. The first kappa shape index (κ1) is 15.9. The van der Waals surface area contributed by atoms with E-state index in [4.69, 9.17) is 14.2 Å². The van der Waals surface area contributed by atoms with Crippen LogP contribution in [0.5, 0.6) is 5.75 Å². The maximum absolute atomic E-state index is 12.1. The summed E-state index contributed by atoms with van der Waals surface area (Å²) in [7, 11) is 1.59. The number of nitrogens with zero attached hydrogens (tertiary/aromatic N) is 1. The molecule has 0 bridgehead atoms. The molecule has 1 fully saturated rings. The summed E-state index contributed by atoms with van der Waals surface area (Å²) in [4.78, 5) is 13.9. The topological polar surface area (TPSA) is 48.0 Å². The number of hydrogen-bond acceptors (Lipinski definition) is 4. The Morgan fingerprint density at radius 2 is 2.13 bits per heavy atom. The molecule has 0 aromatic heterocycles. The predicted octanol–water partition coefficient (Wildman–Crippen LogP) is 3.10. The van der Waals surface area contributed by atoms with Gasteiger partial charge in [-0.2, -0.15) is 0 Å². The van der Waals surface area contributed by atoms with Crippen molar-refractivity contribution in [3.63, 3.8) is 0 Å². The minimum absolute atomic E-state index is 0.265. The Bertz CT molecular complexity index is 586. The van der Waals surface area contributed by atoms with Crippen LogP contribution in [-0.2, 0) is 9.47 Å². The van der Waals surface area contributed by atoms with Crippen LogP contribution in [0.15, 0.2) is 30.3 Å². The first-order chi connectivity index (χ1) is 11.2. The van der Waals surface area contributed by atoms with Crippen molar-refractivity contribution in [1.82, 2.24) is 4.90 Å². The molecule has 1 aromatic carbocycles. The Morgan fingerprint density at radius 3 is 3.00 bits per heavy atom. The van der Waals surface area contributed by atoms with Crippen LogP contribution in [0.4, 0.5) is 4.79 Å². The van der Waals surface area contributed by atoms with Crippen LogP contribution in [-0.4, -0.2) is 50.0 Å². The van der Waals surface area contributed by atoms with Crippen molar-refractivity contribution in [1.29, 1.82) is 0 Å². The summed E-state index contributed by atoms with van der Waals surface area (Å²) in [6.45, 7) is 2.05. The number of hydrogen-bond donors (Lipinski definition) is 0. The van der Waals surface area contributed by atoms with Gasteiger partial charge in [-0.15, -0.1) is 0 Å². The van der Waals surface area contributed by atoms with Crippen LogP contribution in [0.1, 0.15) is 24.8 Å². The van der Waals surface area contributed by atoms with Crippen LogP contribution >= 0.6 is 0 Å². The third-order valence-electron chi connectivity index (χ3n) is 4.40. The fraction of sp³-hybridized carbons (Fsp3) is 0.500. The Labute approximate surface area is 136 Å². The van der Waals surface area contributed by atoms with E-state index in [0.29, 0.717) is 26.3 Å². The second-order valence-corrected chi connectivity index (χ2v) is 5.99. The molecule has 2 aliphatic heterocycles. The van der Waals surface area contributed by atoms with Gasteiger partial charge in [-0.3, -0.25) is 0 Å². The van der Waals surface area contributed by atoms with Crippen LogP contribution in [0.3, 0.4) is 0 Å². The van der Waals surface area contributed by atoms with E-state index in [0.717, 1.165) is 30.6 Å². The van der Waals surface area contributed by atoms with E-state index in [2.05, 4.69) is 18.2 Å². The van der Waals surface area contributed by atoms with Gasteiger partial charge in [0.15, 0.2) is 0 Å². The van der Waals surface area contributed by atoms with Gasteiger partial charge in [-0.25, -0.2) is 4.79 Å². The predicted molar refractivity (Wildman–Crippen MR) is 87.5 cm³/mol. The van der Waals surface area contributed by atoms with Crippen LogP contribution < -0.4 is 4.74 Å². The van der Waals surface area contributed by atoms with Gasteiger partial charge >= 0.3 is 6.09 Å². The zero-order valence-corrected chi connectivity index (χ0v) is 13.5. The Morgan fingerprint density at radius 1 is 1.26 bits per heavy atom. The molecule has 1 unspecified atom stereocenters. The molecule has 124 valence electrons. The van der Waals surface area contributed by atoms with Gasteiger partial charge in [0.05, 0.1) is 6.61 Å². The minimum atomic E-state index is -0.310. The van der Waals surface area contributed by atoms with Gasteiger partial charge in [0.25, 0.3) is 0 Å². The van der Waals surface area contributed by atoms with Crippen molar-refractivity contribution in [3.8, 4) is 5.75 Å². The molecule has 5 heteroatoms. The fourth-order valence-electron chi connectivity index (χ4n) is 3.09. The van der Waals surface area contributed by atoms with Crippen LogP contribution in [0.25, 0.3) is 6.08 Å². The molecule has 1 saturated heterocycles. The molecular weight excluding hydrogens is 294 g/mol. The van der Waals surface area contributed by atoms with Crippen molar-refractivity contribution < 1.29 is 19.0 Å². The lowest BCUT2D eigenvalue weighted by Gasteiger charge is -2.34. The van der Waals surface area contributed by atoms with E-state index >= 15 is 0 Å². The first-order valence-corrected chi connectivity index (χ1v) is 8.10. The number of carbonyl (C=O) groups is 1. The van der Waals surface area contributed by atoms with Gasteiger partial charge in [-0.05, 0) is 25.0 Å². The SMILES string of the molecule is COCCOC(=O)N1CCCC2(C=Cc3ccccc3O2)CC1. The van der Waals surface area contributed by atoms with Gasteiger partial charge in [0, 0.05) is 32.2 Å². The molecule has 2 aliphatic rings. The van der Waals surface area contributed by atoms with Gasteiger partial charge in [-0.1, -0.05) is 24.3 Å². The molecule has 1 atom stereocenters. The molecule has 1 amide bonds. The van der Waals surface area contributed by atoms with Crippen molar-refractivity contribution in [2.45, 2.75) is 24.9 Å². The molecule has 2 heterocycles. The molecule has 3 rings (SSSR count). The van der Waals surface area contributed by atoms with Gasteiger partial charge in [0.1, 0.15) is 18.0 Å². The maximum Gasteiger partial charge on any atom is 0.409 e. The summed E-state index contributed by atoms with van der Waals surface area (Å²) in [5.41, 5.74) is 0.800. The highest BCUT2D eigenvalue weighted by molar-refractivity contribution is 5.67. The number of para-hydroxylation sites is 1. The molecule has 0 radical (unpaired) electrons. The lowest BCUT2D eigenvalue weighted by molar-refractivity contribution is 0.0686. The van der Waals surface area contributed by atoms with Gasteiger partial charge in [0.2, 0.25) is 0 Å². The van der Waals surface area contributed by atoms with Crippen molar-refractivity contribution in [3.05, 3.63) is 35.9 Å². The maximum atomic E-state index is 12.1. The summed E-state index contributed by atoms with van der Waals surface area (Å²) in [6.07, 6.45) is 6.59. The summed E-state index contributed by atoms with van der Waals surface area (Å²) >= 11 is 0. The fourth-order valence-corrected chi connectivity index (χ4v) is 3.09. The number of likely N-dealkylation sites (tertiary alicyclic amines) is 1. The summed E-state index contributed by atoms with van der Waals surface area (Å²) in [5, 5.41) is 0. The van der Waals surface area contributed by atoms with Crippen molar-refractivity contribution in [2.75, 3.05) is 33.4 Å². The number of rotatable bonds is 3. The average Bonchev–Trinajstić information content (AvgIpc) is 2.78. The highest BCUT2D eigenvalue weighted by atomic mass is 16.6. The molecule has 0 saturated carbocycles. The van der Waals surface area contributed by atoms with E-state index < -0.39 is 0 Å². The van der Waals surface area contributed by atoms with Crippen molar-refractivity contribution >= 4 is 12.2 Å². The Balaban J connectivity index is 1.62. The average molecular weight is 317 g/mol. The molecule has 23 heavy (non-hydrogen) atoms. The summed E-state index contributed by atoms with van der Waals surface area (Å²) < 4.78 is 16.4. The second kappa shape index (κ2) is 7.04. The summed E-state index contributed by atoms with van der Waals surface area (Å²) in [6, 6.07) is 8.05. The molecule has 5 nitrogen and oxygen atoms in total. The normalized spacial score (nSPS) is 23.1. The number of ether oxygens (including phenoxy) is 3. The third-order valence-corrected chi connectivity index (χ3v) is 4.40. The van der Waals surface area contributed by atoms with E-state index in [1.54, 1.807) is 12.0 Å². The Kier molecular flexibility index (Phi) is 4.86. The molecular formula is C18H23NO4. The third kappa shape index (κ3) is 3.67. The second-order valence-electron chi connectivity index (χ2n) is 5.99. The zero-order valence-electron chi connectivity index (χ0n) is 13.5. The summed E-state index contributed by atoms with van der Waals surface area (Å²) in [5.74, 6) is 0.922. The monoisotopic (exact) mass is 317 g/mol. The zero-order chi connectivity index (χ0) is 16.1. The largest absolute Gasteiger partial charge is 0.483 e. The number of carbonyl (C=O) groups excluding carboxylic acids is 1.